The van der Waals surface area contributed by atoms with Gasteiger partial charge in [0, 0.05) is 15.8 Å². The first kappa shape index (κ1) is 6.77. The van der Waals surface area contributed by atoms with E-state index >= 15 is 0 Å². The van der Waals surface area contributed by atoms with Crippen molar-refractivity contribution < 1.29 is 13.7 Å². The Kier molecular flexibility index (Phi) is 2.84. The Labute approximate surface area is 80.9 Å². The lowest BCUT2D eigenvalue weighted by atomic mass is 10.2. The average Bonchev–Trinajstić information content (AvgIpc) is 2.00. The van der Waals surface area contributed by atoms with Crippen LogP contribution in [0.25, 0.3) is 0 Å². The van der Waals surface area contributed by atoms with Crippen molar-refractivity contribution in [2.45, 2.75) is 18.6 Å². The van der Waals surface area contributed by atoms with E-state index in [1.54, 1.807) is 5.32 Å². The summed E-state index contributed by atoms with van der Waals surface area (Å²) < 4.78 is 19.9. The zero-order valence-electron chi connectivity index (χ0n) is 10.2. The molecular formula is C7H14N2O2S. The van der Waals surface area contributed by atoms with E-state index < -0.39 is 13.1 Å². The first-order valence-electron chi connectivity index (χ1n) is 4.75. The zero-order chi connectivity index (χ0) is 12.1. The van der Waals surface area contributed by atoms with E-state index in [9.17, 15) is 4.79 Å². The van der Waals surface area contributed by atoms with Crippen LogP contribution in [-0.2, 0) is 4.84 Å². The van der Waals surface area contributed by atoms with Crippen LogP contribution < -0.4 is 5.32 Å². The molecule has 0 heterocycles. The van der Waals surface area contributed by atoms with Crippen molar-refractivity contribution in [3.05, 3.63) is 0 Å². The molecule has 0 atom stereocenters. The topological polar surface area (TPSA) is 50.7 Å². The van der Waals surface area contributed by atoms with Crippen molar-refractivity contribution in [3.63, 3.8) is 0 Å². The number of hydrogen-bond donors (Lipinski definition) is 1. The Bertz CT molecular complexity index is 253. The number of amides is 1. The highest BCUT2D eigenvalue weighted by Crippen LogP contribution is 2.17. The van der Waals surface area contributed by atoms with E-state index in [0.717, 1.165) is 0 Å². The Morgan fingerprint density at radius 2 is 2.50 bits per heavy atom. The lowest BCUT2D eigenvalue weighted by Crippen LogP contribution is -2.19. The molecule has 0 radical (unpaired) electrons. The smallest absolute Gasteiger partial charge is 0.323 e. The normalized spacial score (nSPS) is 16.4. The lowest BCUT2D eigenvalue weighted by molar-refractivity contribution is 0.153. The van der Waals surface area contributed by atoms with Crippen molar-refractivity contribution in [2.24, 2.45) is 5.16 Å². The number of nitrogens with one attached hydrogen (secondary N) is 1. The third kappa shape index (κ3) is 5.01. The van der Waals surface area contributed by atoms with E-state index in [-0.39, 0.29) is 4.75 Å². The molecule has 0 aromatic rings. The number of hydrogen-bond acceptors (Lipinski definition) is 4. The Morgan fingerprint density at radius 1 is 1.83 bits per heavy atom. The lowest BCUT2D eigenvalue weighted by Gasteiger charge is -2.13. The monoisotopic (exact) mass is 195 g/mol. The molecular weight excluding hydrogens is 178 g/mol. The van der Waals surface area contributed by atoms with Gasteiger partial charge in [0.25, 0.3) is 0 Å². The molecule has 0 bridgehead atoms. The second kappa shape index (κ2) is 5.03. The number of thioether (sulfide) groups is 1. The Hall–Kier alpha value is -0.710. The van der Waals surface area contributed by atoms with Crippen LogP contribution in [0.5, 0.6) is 0 Å². The molecule has 0 aliphatic rings. The molecule has 0 aliphatic carbocycles. The van der Waals surface area contributed by atoms with E-state index in [0.29, 0.717) is 0 Å². The maximum atomic E-state index is 10.8. The van der Waals surface area contributed by atoms with Gasteiger partial charge in [-0.2, -0.15) is 11.8 Å². The second-order valence-electron chi connectivity index (χ2n) is 2.55. The van der Waals surface area contributed by atoms with Gasteiger partial charge in [0.1, 0.15) is 0 Å². The quantitative estimate of drug-likeness (QED) is 0.321. The van der Waals surface area contributed by atoms with Crippen molar-refractivity contribution in [1.82, 2.24) is 5.32 Å². The molecule has 0 saturated carbocycles. The molecule has 0 aromatic heterocycles. The summed E-state index contributed by atoms with van der Waals surface area (Å²) in [5.74, 6) is 0. The largest absolute Gasteiger partial charge is 0.433 e. The van der Waals surface area contributed by atoms with Crippen LogP contribution in [0.4, 0.5) is 4.79 Å². The molecule has 1 amide bonds. The van der Waals surface area contributed by atoms with E-state index in [4.69, 9.17) is 4.11 Å². The molecule has 0 aromatic carbocycles. The minimum atomic E-state index is -2.55. The first-order chi connectivity index (χ1) is 6.66. The predicted octanol–water partition coefficient (Wildman–Crippen LogP) is 1.47. The zero-order valence-corrected chi connectivity index (χ0v) is 8.07. The standard InChI is InChI=1S/C7H14N2O2S/c1-7(2,12-4)5-9-11-6(10)8-3/h5H,1-4H3,(H,8,10)/b9-5+/i3+1D3,6+1. The summed E-state index contributed by atoms with van der Waals surface area (Å²) in [7, 11) is 0. The summed E-state index contributed by atoms with van der Waals surface area (Å²) in [6.45, 7) is 1.21. The molecule has 0 aliphatic heterocycles. The molecule has 0 rings (SSSR count). The predicted molar refractivity (Wildman–Crippen MR) is 51.6 cm³/mol. The van der Waals surface area contributed by atoms with Crippen molar-refractivity contribution in [1.29, 1.82) is 0 Å². The average molecular weight is 195 g/mol. The molecule has 5 heteroatoms. The molecule has 1 N–H and O–H groups in total. The van der Waals surface area contributed by atoms with Crippen LogP contribution in [0.15, 0.2) is 5.16 Å². The summed E-state index contributed by atoms with van der Waals surface area (Å²) in [6, 6.07) is 0. The minimum absolute atomic E-state index is 0.264. The van der Waals surface area contributed by atoms with Crippen molar-refractivity contribution in [3.8, 4) is 0 Å². The van der Waals surface area contributed by atoms with Crippen LogP contribution in [0, 0.1) is 0 Å². The van der Waals surface area contributed by atoms with Crippen LogP contribution in [-0.4, -0.2) is 30.3 Å². The molecule has 0 fully saturated rings. The Balaban J connectivity index is 4.02. The SMILES string of the molecule is [2H][13C]([2H])([2H])N[13C](=O)O/N=C/C(C)(C)SC. The second-order valence-corrected chi connectivity index (χ2v) is 4.01. The molecule has 70 valence electrons. The van der Waals surface area contributed by atoms with Gasteiger partial charge in [0.05, 0.1) is 6.21 Å². The third-order valence-corrected chi connectivity index (χ3v) is 2.28. The maximum Gasteiger partial charge on any atom is 0.433 e. The van der Waals surface area contributed by atoms with Gasteiger partial charge in [0.2, 0.25) is 0 Å². The van der Waals surface area contributed by atoms with Crippen molar-refractivity contribution >= 4 is 24.1 Å². The molecule has 0 saturated heterocycles. The fraction of sp³-hybridized carbons (Fsp3) is 0.714. The molecule has 12 heavy (non-hydrogen) atoms. The van der Waals surface area contributed by atoms with Gasteiger partial charge in [0.15, 0.2) is 0 Å². The fourth-order valence-corrected chi connectivity index (χ4v) is 0.425. The minimum Gasteiger partial charge on any atom is -0.323 e. The highest BCUT2D eigenvalue weighted by molar-refractivity contribution is 8.00. The summed E-state index contributed by atoms with van der Waals surface area (Å²) in [6.07, 6.45) is 2.22. The number of rotatable bonds is 3. The summed E-state index contributed by atoms with van der Waals surface area (Å²) in [4.78, 5) is 15.1. The highest BCUT2D eigenvalue weighted by Gasteiger charge is 2.12. The van der Waals surface area contributed by atoms with Gasteiger partial charge in [-0.1, -0.05) is 5.16 Å². The summed E-state index contributed by atoms with van der Waals surface area (Å²) in [5.41, 5.74) is 0. The maximum absolute atomic E-state index is 10.8. The van der Waals surface area contributed by atoms with Gasteiger partial charge in [-0.25, -0.2) is 4.79 Å². The van der Waals surface area contributed by atoms with Gasteiger partial charge in [-0.15, -0.1) is 0 Å². The van der Waals surface area contributed by atoms with Gasteiger partial charge < -0.3 is 5.32 Å². The molecule has 0 spiro atoms. The van der Waals surface area contributed by atoms with Crippen LogP contribution in [0.2, 0.25) is 0 Å². The molecule has 0 unspecified atom stereocenters. The summed E-state index contributed by atoms with van der Waals surface area (Å²) in [5, 5.41) is 5.03. The first-order valence-corrected chi connectivity index (χ1v) is 4.47. The third-order valence-electron chi connectivity index (χ3n) is 1.13. The molecule has 4 nitrogen and oxygen atoms in total. The van der Waals surface area contributed by atoms with E-state index in [1.807, 2.05) is 20.1 Å². The fourth-order valence-electron chi connectivity index (χ4n) is 0.277. The van der Waals surface area contributed by atoms with Crippen LogP contribution in [0.1, 0.15) is 18.0 Å². The summed E-state index contributed by atoms with van der Waals surface area (Å²) >= 11 is 1.52. The van der Waals surface area contributed by atoms with Crippen LogP contribution in [0.3, 0.4) is 0 Å². The number of carbonyl (C=O) groups is 1. The Morgan fingerprint density at radius 3 is 3.00 bits per heavy atom. The highest BCUT2D eigenvalue weighted by atomic mass is 32.2. The van der Waals surface area contributed by atoms with E-state index in [2.05, 4.69) is 9.99 Å². The van der Waals surface area contributed by atoms with Gasteiger partial charge >= 0.3 is 6.09 Å². The van der Waals surface area contributed by atoms with Crippen LogP contribution >= 0.6 is 11.8 Å². The number of oxime groups is 1. The van der Waals surface area contributed by atoms with Gasteiger partial charge in [-0.05, 0) is 20.1 Å². The van der Waals surface area contributed by atoms with E-state index in [1.165, 1.54) is 18.0 Å². The number of carbonyl (C=O) groups excluding carboxylic acids is 1. The van der Waals surface area contributed by atoms with Gasteiger partial charge in [-0.3, -0.25) is 4.84 Å². The van der Waals surface area contributed by atoms with Crippen molar-refractivity contribution in [2.75, 3.05) is 13.2 Å². The number of nitrogens with zero attached hydrogens (tertiary/aromatic N) is 1.